The number of benzene rings is 2. The molecule has 2 aromatic carbocycles. The quantitative estimate of drug-likeness (QED) is 0.717. The van der Waals surface area contributed by atoms with Crippen LogP contribution < -0.4 is 4.90 Å². The maximum atomic E-state index is 13.6. The molecule has 2 aromatic rings. The van der Waals surface area contributed by atoms with Crippen molar-refractivity contribution in [3.63, 3.8) is 0 Å². The molecule has 0 saturated carbocycles. The summed E-state index contributed by atoms with van der Waals surface area (Å²) >= 11 is 0. The number of anilines is 1. The van der Waals surface area contributed by atoms with Gasteiger partial charge in [-0.15, -0.1) is 0 Å². The molecule has 2 aliphatic heterocycles. The highest BCUT2D eigenvalue weighted by Gasteiger charge is 2.43. The second kappa shape index (κ2) is 8.01. The van der Waals surface area contributed by atoms with E-state index in [-0.39, 0.29) is 24.0 Å². The van der Waals surface area contributed by atoms with Gasteiger partial charge in [0.1, 0.15) is 5.70 Å². The molecule has 1 saturated heterocycles. The number of carbonyl (C=O) groups excluding carboxylic acids is 2. The first kappa shape index (κ1) is 20.8. The van der Waals surface area contributed by atoms with Crippen LogP contribution in [0.15, 0.2) is 48.2 Å². The van der Waals surface area contributed by atoms with Crippen LogP contribution in [0.5, 0.6) is 0 Å². The molecular formula is C25H25N3O3. The van der Waals surface area contributed by atoms with Crippen LogP contribution in [0.25, 0.3) is 5.57 Å². The monoisotopic (exact) mass is 415 g/mol. The molecule has 2 amide bonds. The van der Waals surface area contributed by atoms with Gasteiger partial charge in [-0.3, -0.25) is 9.59 Å². The van der Waals surface area contributed by atoms with Crippen LogP contribution in [0.1, 0.15) is 36.1 Å². The maximum absolute atomic E-state index is 13.6. The minimum absolute atomic E-state index is 0.0517. The summed E-state index contributed by atoms with van der Waals surface area (Å²) in [6.07, 6.45) is -0.103. The van der Waals surface area contributed by atoms with Crippen LogP contribution in [0, 0.1) is 25.2 Å². The summed E-state index contributed by atoms with van der Waals surface area (Å²) < 4.78 is 5.85. The highest BCUT2D eigenvalue weighted by Crippen LogP contribution is 2.36. The van der Waals surface area contributed by atoms with Gasteiger partial charge in [0.15, 0.2) is 0 Å². The third kappa shape index (κ3) is 3.73. The molecule has 1 fully saturated rings. The molecule has 158 valence electrons. The molecule has 6 heteroatoms. The van der Waals surface area contributed by atoms with Crippen molar-refractivity contribution in [2.75, 3.05) is 18.0 Å². The lowest BCUT2D eigenvalue weighted by Crippen LogP contribution is -2.47. The Morgan fingerprint density at radius 2 is 1.58 bits per heavy atom. The summed E-state index contributed by atoms with van der Waals surface area (Å²) in [6, 6.07) is 14.4. The normalized spacial score (nSPS) is 21.6. The molecule has 2 heterocycles. The van der Waals surface area contributed by atoms with Crippen molar-refractivity contribution in [2.45, 2.75) is 39.9 Å². The van der Waals surface area contributed by atoms with Gasteiger partial charge in [0.2, 0.25) is 0 Å². The summed E-state index contributed by atoms with van der Waals surface area (Å²) in [5.41, 5.74) is 4.68. The Morgan fingerprint density at radius 1 is 0.935 bits per heavy atom. The number of hydrogen-bond donors (Lipinski definition) is 0. The lowest BCUT2D eigenvalue weighted by atomic mass is 9.99. The van der Waals surface area contributed by atoms with Crippen LogP contribution in [0.2, 0.25) is 0 Å². The Hall–Kier alpha value is -3.43. The molecular weight excluding hydrogens is 390 g/mol. The fourth-order valence-electron chi connectivity index (χ4n) is 4.25. The van der Waals surface area contributed by atoms with Crippen molar-refractivity contribution in [1.82, 2.24) is 4.90 Å². The SMILES string of the molecule is Cc1ccc(C2=C(N3CC(C)OC(C)C3)C(=O)N(c3ccc(C#N)cc3)C2=O)cc1C. The first-order valence-electron chi connectivity index (χ1n) is 10.4. The number of rotatable bonds is 3. The van der Waals surface area contributed by atoms with Crippen LogP contribution in [0.3, 0.4) is 0 Å². The van der Waals surface area contributed by atoms with Gasteiger partial charge in [0.05, 0.1) is 35.1 Å². The third-order valence-corrected chi connectivity index (χ3v) is 5.85. The van der Waals surface area contributed by atoms with E-state index >= 15 is 0 Å². The number of imide groups is 1. The zero-order valence-corrected chi connectivity index (χ0v) is 18.2. The summed E-state index contributed by atoms with van der Waals surface area (Å²) in [5.74, 6) is -0.691. The standard InChI is InChI=1S/C25H25N3O3/c1-15-5-8-20(11-16(15)2)22-23(27-13-17(3)31-18(4)14-27)25(30)28(24(22)29)21-9-6-19(12-26)7-10-21/h5-11,17-18H,13-14H2,1-4H3. The average Bonchev–Trinajstić information content (AvgIpc) is 2.99. The summed E-state index contributed by atoms with van der Waals surface area (Å²) in [7, 11) is 0. The van der Waals surface area contributed by atoms with Crippen LogP contribution in [0.4, 0.5) is 5.69 Å². The topological polar surface area (TPSA) is 73.6 Å². The van der Waals surface area contributed by atoms with Crippen molar-refractivity contribution >= 4 is 23.1 Å². The summed E-state index contributed by atoms with van der Waals surface area (Å²) in [4.78, 5) is 30.4. The van der Waals surface area contributed by atoms with Gasteiger partial charge < -0.3 is 9.64 Å². The molecule has 0 radical (unpaired) electrons. The van der Waals surface area contributed by atoms with Crippen LogP contribution in [-0.2, 0) is 14.3 Å². The number of aryl methyl sites for hydroxylation is 2. The third-order valence-electron chi connectivity index (χ3n) is 5.85. The molecule has 0 spiro atoms. The Bertz CT molecular complexity index is 1120. The molecule has 0 aromatic heterocycles. The zero-order valence-electron chi connectivity index (χ0n) is 18.2. The first-order valence-corrected chi connectivity index (χ1v) is 10.4. The number of nitriles is 1. The molecule has 0 N–H and O–H groups in total. The Morgan fingerprint density at radius 3 is 2.16 bits per heavy atom. The van der Waals surface area contributed by atoms with Gasteiger partial charge in [-0.2, -0.15) is 5.26 Å². The number of morpholine rings is 1. The van der Waals surface area contributed by atoms with Crippen molar-refractivity contribution in [2.24, 2.45) is 0 Å². The smallest absolute Gasteiger partial charge is 0.282 e. The zero-order chi connectivity index (χ0) is 22.3. The van der Waals surface area contributed by atoms with E-state index < -0.39 is 0 Å². The second-order valence-electron chi connectivity index (χ2n) is 8.29. The molecule has 2 aliphatic rings. The van der Waals surface area contributed by atoms with Gasteiger partial charge in [-0.05, 0) is 68.7 Å². The lowest BCUT2D eigenvalue weighted by molar-refractivity contribution is -0.121. The van der Waals surface area contributed by atoms with Crippen LogP contribution >= 0.6 is 0 Å². The summed E-state index contributed by atoms with van der Waals surface area (Å²) in [5, 5.41) is 9.07. The molecule has 31 heavy (non-hydrogen) atoms. The molecule has 4 rings (SSSR count). The van der Waals surface area contributed by atoms with Crippen molar-refractivity contribution in [3.05, 3.63) is 70.4 Å². The lowest BCUT2D eigenvalue weighted by Gasteiger charge is -2.37. The van der Waals surface area contributed by atoms with E-state index in [4.69, 9.17) is 10.00 Å². The molecule has 0 aliphatic carbocycles. The van der Waals surface area contributed by atoms with Gasteiger partial charge in [-0.1, -0.05) is 18.2 Å². The minimum atomic E-state index is -0.347. The van der Waals surface area contributed by atoms with E-state index in [2.05, 4.69) is 6.07 Å². The predicted molar refractivity (Wildman–Crippen MR) is 118 cm³/mol. The largest absolute Gasteiger partial charge is 0.372 e. The van der Waals surface area contributed by atoms with E-state index in [0.29, 0.717) is 35.6 Å². The van der Waals surface area contributed by atoms with Crippen LogP contribution in [-0.4, -0.2) is 42.0 Å². The highest BCUT2D eigenvalue weighted by atomic mass is 16.5. The van der Waals surface area contributed by atoms with E-state index in [1.165, 1.54) is 4.90 Å². The minimum Gasteiger partial charge on any atom is -0.372 e. The summed E-state index contributed by atoms with van der Waals surface area (Å²) in [6.45, 7) is 9.03. The number of ether oxygens (including phenoxy) is 1. The molecule has 2 unspecified atom stereocenters. The van der Waals surface area contributed by atoms with Crippen molar-refractivity contribution < 1.29 is 14.3 Å². The van der Waals surface area contributed by atoms with Gasteiger partial charge in [-0.25, -0.2) is 4.90 Å². The number of amides is 2. The maximum Gasteiger partial charge on any atom is 0.282 e. The molecule has 6 nitrogen and oxygen atoms in total. The van der Waals surface area contributed by atoms with E-state index in [0.717, 1.165) is 16.7 Å². The van der Waals surface area contributed by atoms with Crippen molar-refractivity contribution in [1.29, 1.82) is 5.26 Å². The van der Waals surface area contributed by atoms with Gasteiger partial charge in [0.25, 0.3) is 11.8 Å². The Kier molecular flexibility index (Phi) is 5.38. The number of hydrogen-bond acceptors (Lipinski definition) is 5. The van der Waals surface area contributed by atoms with Crippen molar-refractivity contribution in [3.8, 4) is 6.07 Å². The average molecular weight is 415 g/mol. The van der Waals surface area contributed by atoms with E-state index in [1.54, 1.807) is 24.3 Å². The number of nitrogens with zero attached hydrogens (tertiary/aromatic N) is 3. The predicted octanol–water partition coefficient (Wildman–Crippen LogP) is 3.57. The molecule has 2 atom stereocenters. The first-order chi connectivity index (χ1) is 14.8. The van der Waals surface area contributed by atoms with E-state index in [9.17, 15) is 9.59 Å². The fraction of sp³-hybridized carbons (Fsp3) is 0.320. The van der Waals surface area contributed by atoms with Gasteiger partial charge >= 0.3 is 0 Å². The number of carbonyl (C=O) groups is 2. The van der Waals surface area contributed by atoms with Gasteiger partial charge in [0, 0.05) is 13.1 Å². The molecule has 0 bridgehead atoms. The Balaban J connectivity index is 1.84. The fourth-order valence-corrected chi connectivity index (χ4v) is 4.25. The Labute approximate surface area is 182 Å². The second-order valence-corrected chi connectivity index (χ2v) is 8.29. The highest BCUT2D eigenvalue weighted by molar-refractivity contribution is 6.45. The van der Waals surface area contributed by atoms with E-state index in [1.807, 2.05) is 50.8 Å².